The molecule has 0 saturated carbocycles. The third-order valence-corrected chi connectivity index (χ3v) is 6.47. The molecule has 1 unspecified atom stereocenters. The van der Waals surface area contributed by atoms with Crippen LogP contribution in [0.4, 0.5) is 23.7 Å². The molecule has 10 nitrogen and oxygen atoms in total. The summed E-state index contributed by atoms with van der Waals surface area (Å²) in [4.78, 5) is 18.2. The molecule has 4 rings (SSSR count). The Balaban J connectivity index is 1.31. The van der Waals surface area contributed by atoms with E-state index in [1.807, 2.05) is 6.92 Å². The van der Waals surface area contributed by atoms with Crippen LogP contribution in [0.1, 0.15) is 37.5 Å². The van der Waals surface area contributed by atoms with E-state index in [0.717, 1.165) is 5.56 Å². The number of ether oxygens (including phenoxy) is 6. The maximum absolute atomic E-state index is 12.7. The number of hydrogen-bond acceptors (Lipinski definition) is 9. The van der Waals surface area contributed by atoms with E-state index < -0.39 is 49.3 Å². The fourth-order valence-electron chi connectivity index (χ4n) is 4.63. The van der Waals surface area contributed by atoms with Crippen molar-refractivity contribution in [1.29, 1.82) is 0 Å². The zero-order valence-electron chi connectivity index (χ0n) is 22.3. The van der Waals surface area contributed by atoms with Gasteiger partial charge in [-0.1, -0.05) is 17.3 Å². The van der Waals surface area contributed by atoms with E-state index in [-0.39, 0.29) is 5.75 Å². The summed E-state index contributed by atoms with van der Waals surface area (Å²) in [6, 6.07) is 12.3. The summed E-state index contributed by atoms with van der Waals surface area (Å²) >= 11 is 0. The van der Waals surface area contributed by atoms with E-state index in [4.69, 9.17) is 28.5 Å². The summed E-state index contributed by atoms with van der Waals surface area (Å²) in [5, 5.41) is 6.74. The monoisotopic (exact) mass is 568 g/mol. The van der Waals surface area contributed by atoms with E-state index >= 15 is 0 Å². The van der Waals surface area contributed by atoms with Gasteiger partial charge in [0.1, 0.15) is 24.1 Å². The number of halogens is 3. The predicted molar refractivity (Wildman–Crippen MR) is 136 cm³/mol. The molecule has 0 radical (unpaired) electrons. The van der Waals surface area contributed by atoms with Gasteiger partial charge in [-0.15, -0.1) is 13.2 Å². The van der Waals surface area contributed by atoms with E-state index in [1.165, 1.54) is 31.4 Å². The maximum Gasteiger partial charge on any atom is 0.573 e. The van der Waals surface area contributed by atoms with Crippen LogP contribution in [0.2, 0.25) is 0 Å². The number of rotatable bonds is 9. The van der Waals surface area contributed by atoms with Crippen molar-refractivity contribution >= 4 is 17.5 Å². The standard InChI is InChI=1S/C27H31F3N2O8/c1-5-36-23-22(34-3)15(2)37-25(24(23)35-4)38-26(33)31-18-10-6-17(7-11-18)21-14-20(32-40-21)16-8-12-19(13-9-16)39-27(28,29)30/h6-13,15,21-25H,5,14H2,1-4H3,(H,31,33)/t15-,21?,22-,23+,24+,25+/m0/s1. The number of carbonyl (C=O) groups excluding carboxylic acids is 1. The lowest BCUT2D eigenvalue weighted by Gasteiger charge is -2.43. The van der Waals surface area contributed by atoms with Crippen LogP contribution in [-0.2, 0) is 28.5 Å². The summed E-state index contributed by atoms with van der Waals surface area (Å²) in [5.74, 6) is -0.315. The molecule has 0 spiro atoms. The molecular weight excluding hydrogens is 537 g/mol. The highest BCUT2D eigenvalue weighted by Crippen LogP contribution is 2.32. The van der Waals surface area contributed by atoms with Crippen molar-refractivity contribution in [3.63, 3.8) is 0 Å². The summed E-state index contributed by atoms with van der Waals surface area (Å²) in [5.41, 5.74) is 2.48. The van der Waals surface area contributed by atoms with Crippen LogP contribution >= 0.6 is 0 Å². The van der Waals surface area contributed by atoms with Crippen LogP contribution in [0, 0.1) is 0 Å². The third-order valence-electron chi connectivity index (χ3n) is 6.47. The highest BCUT2D eigenvalue weighted by Gasteiger charge is 2.47. The Morgan fingerprint density at radius 3 is 2.30 bits per heavy atom. The molecule has 2 aliphatic rings. The van der Waals surface area contributed by atoms with E-state index in [2.05, 4.69) is 15.2 Å². The molecule has 13 heteroatoms. The first kappa shape index (κ1) is 29.6. The average molecular weight is 569 g/mol. The minimum Gasteiger partial charge on any atom is -0.416 e. The van der Waals surface area contributed by atoms with Gasteiger partial charge in [0.15, 0.2) is 6.10 Å². The van der Waals surface area contributed by atoms with Crippen molar-refractivity contribution in [2.45, 2.75) is 63.4 Å². The Labute approximate surface area is 229 Å². The van der Waals surface area contributed by atoms with Gasteiger partial charge < -0.3 is 33.3 Å². The van der Waals surface area contributed by atoms with Crippen molar-refractivity contribution in [3.8, 4) is 5.75 Å². The van der Waals surface area contributed by atoms with Gasteiger partial charge in [0.05, 0.1) is 11.8 Å². The quantitative estimate of drug-likeness (QED) is 0.441. The summed E-state index contributed by atoms with van der Waals surface area (Å²) in [6.07, 6.45) is -8.49. The Kier molecular flexibility index (Phi) is 9.51. The fraction of sp³-hybridized carbons (Fsp3) is 0.481. The SMILES string of the molecule is CCO[C@@H]1[C@@H](OC)[C@H](C)O[C@H](OC(=O)Nc2ccc(C3CC(c4ccc(OC(F)(F)F)cc4)=NO3)cc2)[C@@H]1OC. The molecule has 2 heterocycles. The molecule has 1 fully saturated rings. The second-order valence-electron chi connectivity index (χ2n) is 9.09. The largest absolute Gasteiger partial charge is 0.573 e. The fourth-order valence-corrected chi connectivity index (χ4v) is 4.63. The molecule has 6 atom stereocenters. The van der Waals surface area contributed by atoms with Gasteiger partial charge in [-0.2, -0.15) is 0 Å². The minimum absolute atomic E-state index is 0.315. The van der Waals surface area contributed by atoms with Gasteiger partial charge in [-0.3, -0.25) is 5.32 Å². The normalized spacial score (nSPS) is 26.5. The van der Waals surface area contributed by atoms with Crippen LogP contribution in [0.25, 0.3) is 0 Å². The molecule has 0 aliphatic carbocycles. The lowest BCUT2D eigenvalue weighted by atomic mass is 9.99. The summed E-state index contributed by atoms with van der Waals surface area (Å²) < 4.78 is 69.2. The Bertz CT molecular complexity index is 1160. The van der Waals surface area contributed by atoms with Crippen LogP contribution in [-0.4, -0.2) is 69.7 Å². The Morgan fingerprint density at radius 1 is 1.02 bits per heavy atom. The highest BCUT2D eigenvalue weighted by atomic mass is 19.4. The lowest BCUT2D eigenvalue weighted by molar-refractivity contribution is -0.292. The zero-order valence-corrected chi connectivity index (χ0v) is 22.3. The summed E-state index contributed by atoms with van der Waals surface area (Å²) in [7, 11) is 3.03. The molecule has 2 aromatic carbocycles. The number of amides is 1. The van der Waals surface area contributed by atoms with Crippen LogP contribution in [0.15, 0.2) is 53.7 Å². The van der Waals surface area contributed by atoms with Crippen molar-refractivity contribution < 1.29 is 51.2 Å². The van der Waals surface area contributed by atoms with Crippen molar-refractivity contribution in [3.05, 3.63) is 59.7 Å². The molecule has 0 aromatic heterocycles. The topological polar surface area (TPSA) is 106 Å². The van der Waals surface area contributed by atoms with Gasteiger partial charge in [0.2, 0.25) is 6.29 Å². The molecule has 40 heavy (non-hydrogen) atoms. The molecule has 218 valence electrons. The first-order valence-electron chi connectivity index (χ1n) is 12.6. The van der Waals surface area contributed by atoms with Gasteiger partial charge in [-0.25, -0.2) is 4.79 Å². The number of nitrogens with zero attached hydrogens (tertiary/aromatic N) is 1. The van der Waals surface area contributed by atoms with E-state index in [9.17, 15) is 18.0 Å². The van der Waals surface area contributed by atoms with E-state index in [1.54, 1.807) is 38.3 Å². The number of anilines is 1. The number of benzene rings is 2. The number of carbonyl (C=O) groups is 1. The average Bonchev–Trinajstić information content (AvgIpc) is 3.39. The number of nitrogens with one attached hydrogen (secondary N) is 1. The zero-order chi connectivity index (χ0) is 28.9. The number of alkyl halides is 3. The number of methoxy groups -OCH3 is 2. The molecule has 1 amide bonds. The first-order chi connectivity index (χ1) is 19.1. The third kappa shape index (κ3) is 7.22. The first-order valence-corrected chi connectivity index (χ1v) is 12.6. The van der Waals surface area contributed by atoms with Gasteiger partial charge >= 0.3 is 12.5 Å². The Morgan fingerprint density at radius 2 is 1.70 bits per heavy atom. The smallest absolute Gasteiger partial charge is 0.416 e. The molecular formula is C27H31F3N2O8. The number of oxime groups is 1. The molecule has 2 aliphatic heterocycles. The van der Waals surface area contributed by atoms with Crippen LogP contribution < -0.4 is 10.1 Å². The molecule has 1 saturated heterocycles. The maximum atomic E-state index is 12.7. The second kappa shape index (κ2) is 12.9. The highest BCUT2D eigenvalue weighted by molar-refractivity contribution is 6.01. The lowest BCUT2D eigenvalue weighted by Crippen LogP contribution is -2.60. The molecule has 1 N–H and O–H groups in total. The van der Waals surface area contributed by atoms with Gasteiger partial charge in [-0.05, 0) is 61.4 Å². The van der Waals surface area contributed by atoms with Gasteiger partial charge in [0.25, 0.3) is 0 Å². The summed E-state index contributed by atoms with van der Waals surface area (Å²) in [6.45, 7) is 4.07. The van der Waals surface area contributed by atoms with Crippen LogP contribution in [0.5, 0.6) is 5.75 Å². The predicted octanol–water partition coefficient (Wildman–Crippen LogP) is 5.18. The molecule has 2 aromatic rings. The van der Waals surface area contributed by atoms with Gasteiger partial charge in [0, 0.05) is 32.9 Å². The van der Waals surface area contributed by atoms with Crippen LogP contribution in [0.3, 0.4) is 0 Å². The van der Waals surface area contributed by atoms with Crippen molar-refractivity contribution in [2.75, 3.05) is 26.1 Å². The Hall–Kier alpha value is -3.39. The second-order valence-corrected chi connectivity index (χ2v) is 9.09. The minimum atomic E-state index is -4.76. The molecule has 0 bridgehead atoms. The van der Waals surface area contributed by atoms with Crippen molar-refractivity contribution in [1.82, 2.24) is 0 Å². The number of hydrogen-bond donors (Lipinski definition) is 1. The van der Waals surface area contributed by atoms with Crippen molar-refractivity contribution in [2.24, 2.45) is 5.16 Å². The van der Waals surface area contributed by atoms with E-state index in [0.29, 0.717) is 30.0 Å².